The monoisotopic (exact) mass is 883 g/mol. The third-order valence-electron chi connectivity index (χ3n) is 12.6. The van der Waals surface area contributed by atoms with Gasteiger partial charge in [-0.3, -0.25) is 9.59 Å². The van der Waals surface area contributed by atoms with Gasteiger partial charge in [-0.05, 0) is 49.9 Å². The largest absolute Gasteiger partial charge is 0.493 e. The quantitative estimate of drug-likeness (QED) is 0.0300. The first-order valence-electron chi connectivity index (χ1n) is 25.4. The summed E-state index contributed by atoms with van der Waals surface area (Å²) >= 11 is 0. The number of nitrogens with one attached hydrogen (secondary N) is 2. The van der Waals surface area contributed by atoms with Crippen molar-refractivity contribution in [1.29, 1.82) is 0 Å². The lowest BCUT2D eigenvalue weighted by Crippen LogP contribution is -2.24. The Bertz CT molecular complexity index is 2190. The maximum atomic E-state index is 13.2. The van der Waals surface area contributed by atoms with Crippen LogP contribution in [0.15, 0.2) is 54.8 Å². The number of carbonyl (C=O) groups is 2. The third-order valence-corrected chi connectivity index (χ3v) is 12.6. The molecule has 10 nitrogen and oxygen atoms in total. The lowest BCUT2D eigenvalue weighted by atomic mass is 9.98. The molecule has 1 aliphatic carbocycles. The van der Waals surface area contributed by atoms with Gasteiger partial charge >= 0.3 is 11.3 Å². The topological polar surface area (TPSA) is 137 Å². The lowest BCUT2D eigenvalue weighted by Gasteiger charge is -2.11. The van der Waals surface area contributed by atoms with Crippen molar-refractivity contribution < 1.29 is 27.9 Å². The average molecular weight is 883 g/mol. The minimum absolute atomic E-state index is 0.0316. The maximum Gasteiger partial charge on any atom is 0.345 e. The Labute approximate surface area is 380 Å². The number of fused-ring (bicyclic) bond motifs is 6. The van der Waals surface area contributed by atoms with E-state index in [0.29, 0.717) is 95.9 Å². The van der Waals surface area contributed by atoms with Gasteiger partial charge in [0, 0.05) is 59.3 Å². The number of rotatable bonds is 36. The molecular formula is C54H78N2O8. The van der Waals surface area contributed by atoms with Crippen LogP contribution in [-0.2, 0) is 9.59 Å². The van der Waals surface area contributed by atoms with Crippen LogP contribution in [0.4, 0.5) is 0 Å². The van der Waals surface area contributed by atoms with E-state index in [1.54, 1.807) is 12.1 Å². The summed E-state index contributed by atoms with van der Waals surface area (Å²) < 4.78 is 23.2. The van der Waals surface area contributed by atoms with E-state index in [1.165, 1.54) is 128 Å². The molecule has 5 rings (SSSR count). The van der Waals surface area contributed by atoms with Gasteiger partial charge in [0.2, 0.25) is 11.8 Å². The minimum Gasteiger partial charge on any atom is -0.493 e. The SMILES string of the molecule is CCCCCCCCCCCCCCNC(=O)CCCOc1ccc2c3c(c(=O)oc2c1)=c1c(=O)oc2cc(OCCCC(=O)NCCCCCCCCCCCCCC)ccc2c1=3. The van der Waals surface area contributed by atoms with E-state index in [-0.39, 0.29) is 22.3 Å². The third kappa shape index (κ3) is 16.4. The molecule has 0 unspecified atom stereocenters. The van der Waals surface area contributed by atoms with Gasteiger partial charge in [0.25, 0.3) is 0 Å². The summed E-state index contributed by atoms with van der Waals surface area (Å²) in [5, 5.41) is 9.19. The van der Waals surface area contributed by atoms with E-state index in [1.807, 2.05) is 24.3 Å². The van der Waals surface area contributed by atoms with Crippen LogP contribution in [-0.4, -0.2) is 38.1 Å². The molecule has 10 heteroatoms. The van der Waals surface area contributed by atoms with E-state index in [4.69, 9.17) is 18.3 Å². The molecule has 0 radical (unpaired) electrons. The molecule has 1 aliphatic rings. The van der Waals surface area contributed by atoms with Gasteiger partial charge in [0.05, 0.1) is 23.7 Å². The molecule has 2 aromatic heterocycles. The van der Waals surface area contributed by atoms with E-state index < -0.39 is 11.3 Å². The van der Waals surface area contributed by atoms with Crippen LogP contribution in [0.25, 0.3) is 21.9 Å². The number of hydrogen-bond donors (Lipinski definition) is 2. The minimum atomic E-state index is -0.610. The second-order valence-corrected chi connectivity index (χ2v) is 18.0. The van der Waals surface area contributed by atoms with Crippen LogP contribution in [0.1, 0.15) is 194 Å². The Hall–Kier alpha value is -4.60. The Morgan fingerprint density at radius 2 is 0.766 bits per heavy atom. The second kappa shape index (κ2) is 29.0. The first-order valence-corrected chi connectivity index (χ1v) is 25.4. The van der Waals surface area contributed by atoms with E-state index in [2.05, 4.69) is 24.5 Å². The number of benzene rings is 2. The highest BCUT2D eigenvalue weighted by molar-refractivity contribution is 5.85. The fourth-order valence-corrected chi connectivity index (χ4v) is 8.86. The summed E-state index contributed by atoms with van der Waals surface area (Å²) in [5.41, 5.74) is -0.513. The number of amides is 2. The molecule has 0 saturated carbocycles. The fourth-order valence-electron chi connectivity index (χ4n) is 8.86. The predicted molar refractivity (Wildman–Crippen MR) is 258 cm³/mol. The summed E-state index contributed by atoms with van der Waals surface area (Å²) in [7, 11) is 0. The second-order valence-electron chi connectivity index (χ2n) is 18.0. The van der Waals surface area contributed by atoms with Crippen LogP contribution >= 0.6 is 0 Å². The van der Waals surface area contributed by atoms with Crippen molar-refractivity contribution >= 4 is 33.8 Å². The lowest BCUT2D eigenvalue weighted by molar-refractivity contribution is -0.122. The van der Waals surface area contributed by atoms with Gasteiger partial charge in [-0.2, -0.15) is 0 Å². The molecule has 64 heavy (non-hydrogen) atoms. The molecule has 4 aromatic rings. The van der Waals surface area contributed by atoms with Gasteiger partial charge in [0.1, 0.15) is 22.7 Å². The zero-order chi connectivity index (χ0) is 45.2. The highest BCUT2D eigenvalue weighted by Crippen LogP contribution is 2.29. The summed E-state index contributed by atoms with van der Waals surface area (Å²) in [6, 6.07) is 10.7. The Morgan fingerprint density at radius 3 is 1.11 bits per heavy atom. The normalized spacial score (nSPS) is 11.7. The average Bonchev–Trinajstić information content (AvgIpc) is 3.27. The Balaban J connectivity index is 1.00. The number of hydrogen-bond acceptors (Lipinski definition) is 8. The van der Waals surface area contributed by atoms with Crippen molar-refractivity contribution in [2.45, 2.75) is 194 Å². The summed E-state index contributed by atoms with van der Waals surface area (Å²) in [4.78, 5) is 51.1. The molecule has 0 spiro atoms. The molecule has 0 fully saturated rings. The van der Waals surface area contributed by atoms with Gasteiger partial charge in [-0.15, -0.1) is 0 Å². The Kier molecular flexibility index (Phi) is 22.9. The Morgan fingerprint density at radius 1 is 0.438 bits per heavy atom. The van der Waals surface area contributed by atoms with Crippen molar-refractivity contribution in [2.24, 2.45) is 0 Å². The van der Waals surface area contributed by atoms with Crippen LogP contribution < -0.4 is 31.4 Å². The number of unbranched alkanes of at least 4 members (excludes halogenated alkanes) is 22. The van der Waals surface area contributed by atoms with Crippen LogP contribution in [0.3, 0.4) is 0 Å². The molecular weight excluding hydrogens is 805 g/mol. The van der Waals surface area contributed by atoms with E-state index >= 15 is 0 Å². The standard InChI is InChI=1S/C54H78N2O8/c1-3-5-7-9-11-13-15-17-19-21-23-25-35-55-47(57)29-27-37-61-41-31-33-43-45(39-41)63-53(59)51-49(43)50-44-34-32-42(40-46(44)64-54(60)52(50)51)62-38-28-30-48(58)56-36-26-24-22-20-18-16-14-12-10-8-6-4-2/h31-34,39-40H,3-30,35-38H2,1-2H3,(H,55,57)(H,56,58). The first-order chi connectivity index (χ1) is 31.4. The smallest absolute Gasteiger partial charge is 0.345 e. The zero-order valence-corrected chi connectivity index (χ0v) is 39.4. The number of carbonyl (C=O) groups excluding carboxylic acids is 2. The fraction of sp³-hybridized carbons (Fsp3) is 0.630. The van der Waals surface area contributed by atoms with E-state index in [0.717, 1.165) is 25.7 Å². The highest BCUT2D eigenvalue weighted by atomic mass is 16.5. The van der Waals surface area contributed by atoms with E-state index in [9.17, 15) is 19.2 Å². The van der Waals surface area contributed by atoms with Gasteiger partial charge in [-0.25, -0.2) is 9.59 Å². The maximum absolute atomic E-state index is 13.2. The van der Waals surface area contributed by atoms with Crippen molar-refractivity contribution in [3.63, 3.8) is 0 Å². The molecule has 0 saturated heterocycles. The molecule has 2 N–H and O–H groups in total. The van der Waals surface area contributed by atoms with Gasteiger partial charge in [-0.1, -0.05) is 155 Å². The summed E-state index contributed by atoms with van der Waals surface area (Å²) in [5.74, 6) is 1.13. The highest BCUT2D eigenvalue weighted by Gasteiger charge is 2.19. The molecule has 2 amide bonds. The molecule has 0 bridgehead atoms. The number of ether oxygens (including phenoxy) is 2. The first kappa shape index (κ1) is 50.4. The van der Waals surface area contributed by atoms with Crippen molar-refractivity contribution in [3.05, 3.63) is 78.1 Å². The van der Waals surface area contributed by atoms with Crippen molar-refractivity contribution in [2.75, 3.05) is 26.3 Å². The molecule has 2 heterocycles. The molecule has 0 aliphatic heterocycles. The van der Waals surface area contributed by atoms with Gasteiger partial charge < -0.3 is 28.9 Å². The van der Waals surface area contributed by atoms with Crippen LogP contribution in [0, 0.1) is 20.9 Å². The van der Waals surface area contributed by atoms with Crippen molar-refractivity contribution in [3.8, 4) is 11.5 Å². The van der Waals surface area contributed by atoms with Crippen LogP contribution in [0.5, 0.6) is 11.5 Å². The molecule has 352 valence electrons. The zero-order valence-electron chi connectivity index (χ0n) is 39.4. The molecule has 0 atom stereocenters. The predicted octanol–water partition coefficient (Wildman–Crippen LogP) is 12.7. The molecule has 2 aromatic carbocycles. The van der Waals surface area contributed by atoms with Crippen LogP contribution in [0.2, 0.25) is 0 Å². The van der Waals surface area contributed by atoms with Crippen molar-refractivity contribution in [1.82, 2.24) is 10.6 Å². The van der Waals surface area contributed by atoms with Gasteiger partial charge in [0.15, 0.2) is 0 Å². The summed E-state index contributed by atoms with van der Waals surface area (Å²) in [6.07, 6.45) is 32.9. The summed E-state index contributed by atoms with van der Waals surface area (Å²) in [6.45, 7) is 6.63.